The number of rotatable bonds is 4. The highest BCUT2D eigenvalue weighted by molar-refractivity contribution is 7.15. The van der Waals surface area contributed by atoms with E-state index in [1.165, 1.54) is 0 Å². The number of nitrogens with one attached hydrogen (secondary N) is 1. The molecule has 4 rings (SSSR count). The van der Waals surface area contributed by atoms with Gasteiger partial charge >= 0.3 is 5.97 Å². The van der Waals surface area contributed by atoms with Crippen LogP contribution in [0.3, 0.4) is 0 Å². The van der Waals surface area contributed by atoms with Crippen LogP contribution in [0.25, 0.3) is 10.6 Å². The minimum atomic E-state index is -0.567. The maximum atomic E-state index is 12.8. The van der Waals surface area contributed by atoms with Crippen molar-refractivity contribution in [1.29, 1.82) is 0 Å². The summed E-state index contributed by atoms with van der Waals surface area (Å²) in [4.78, 5) is 30.1. The third-order valence-electron chi connectivity index (χ3n) is 5.35. The molecule has 2 aromatic rings. The molecular weight excluding hydrogens is 348 g/mol. The van der Waals surface area contributed by atoms with Crippen molar-refractivity contribution >= 4 is 23.2 Å². The van der Waals surface area contributed by atoms with Gasteiger partial charge in [-0.05, 0) is 25.7 Å². The fourth-order valence-corrected chi connectivity index (χ4v) is 4.88. The lowest BCUT2D eigenvalue weighted by Crippen LogP contribution is -2.45. The van der Waals surface area contributed by atoms with Crippen LogP contribution in [0.5, 0.6) is 0 Å². The Labute approximate surface area is 156 Å². The number of carbonyl (C=O) groups excluding carboxylic acids is 2. The summed E-state index contributed by atoms with van der Waals surface area (Å²) >= 11 is 1.57. The summed E-state index contributed by atoms with van der Waals surface area (Å²) in [7, 11) is 0. The Morgan fingerprint density at radius 1 is 1.23 bits per heavy atom. The first-order valence-electron chi connectivity index (χ1n) is 9.16. The molecule has 1 N–H and O–H groups in total. The number of amides is 1. The van der Waals surface area contributed by atoms with E-state index in [9.17, 15) is 9.59 Å². The van der Waals surface area contributed by atoms with E-state index in [0.29, 0.717) is 6.54 Å². The molecule has 1 saturated carbocycles. The molecule has 1 aromatic carbocycles. The lowest BCUT2D eigenvalue weighted by molar-refractivity contribution is -0.153. The third-order valence-corrected chi connectivity index (χ3v) is 6.40. The predicted molar refractivity (Wildman–Crippen MR) is 99.4 cm³/mol. The molecule has 1 saturated heterocycles. The van der Waals surface area contributed by atoms with E-state index >= 15 is 0 Å². The summed E-state index contributed by atoms with van der Waals surface area (Å²) in [5, 5.41) is 3.94. The van der Waals surface area contributed by atoms with Crippen LogP contribution in [-0.2, 0) is 20.9 Å². The fraction of sp³-hybridized carbons (Fsp3) is 0.450. The molecule has 1 aliphatic heterocycles. The van der Waals surface area contributed by atoms with E-state index in [1.54, 1.807) is 17.5 Å². The molecule has 2 heterocycles. The van der Waals surface area contributed by atoms with Gasteiger partial charge in [-0.3, -0.25) is 9.59 Å². The Balaban J connectivity index is 1.41. The van der Waals surface area contributed by atoms with Gasteiger partial charge in [0.15, 0.2) is 0 Å². The van der Waals surface area contributed by atoms with Crippen LogP contribution in [0, 0.1) is 5.92 Å². The van der Waals surface area contributed by atoms with Crippen molar-refractivity contribution in [1.82, 2.24) is 10.3 Å². The first-order chi connectivity index (χ1) is 12.7. The average molecular weight is 370 g/mol. The van der Waals surface area contributed by atoms with E-state index in [1.807, 2.05) is 30.3 Å². The van der Waals surface area contributed by atoms with Gasteiger partial charge < -0.3 is 10.1 Å². The number of benzene rings is 1. The van der Waals surface area contributed by atoms with Gasteiger partial charge in [0, 0.05) is 16.6 Å². The zero-order chi connectivity index (χ0) is 18.0. The third kappa shape index (κ3) is 3.38. The van der Waals surface area contributed by atoms with Gasteiger partial charge in [-0.2, -0.15) is 0 Å². The maximum Gasteiger partial charge on any atom is 0.307 e. The quantitative estimate of drug-likeness (QED) is 0.834. The second-order valence-corrected chi connectivity index (χ2v) is 8.19. The topological polar surface area (TPSA) is 68.3 Å². The normalized spacial score (nSPS) is 21.5. The van der Waals surface area contributed by atoms with E-state index in [2.05, 4.69) is 10.3 Å². The molecule has 6 heteroatoms. The maximum absolute atomic E-state index is 12.8. The smallest absolute Gasteiger partial charge is 0.307 e. The minimum absolute atomic E-state index is 0.0765. The molecule has 5 nitrogen and oxygen atoms in total. The molecule has 136 valence electrons. The molecule has 2 fully saturated rings. The van der Waals surface area contributed by atoms with Crippen molar-refractivity contribution in [3.05, 3.63) is 41.4 Å². The largest absolute Gasteiger partial charge is 0.458 e. The number of nitrogens with zero attached hydrogens (tertiary/aromatic N) is 1. The average Bonchev–Trinajstić information content (AvgIpc) is 3.26. The number of ether oxygens (including phenoxy) is 1. The zero-order valence-corrected chi connectivity index (χ0v) is 15.4. The minimum Gasteiger partial charge on any atom is -0.458 e. The van der Waals surface area contributed by atoms with Gasteiger partial charge in [-0.25, -0.2) is 4.98 Å². The van der Waals surface area contributed by atoms with Crippen molar-refractivity contribution < 1.29 is 14.3 Å². The van der Waals surface area contributed by atoms with E-state index in [0.717, 1.165) is 47.6 Å². The van der Waals surface area contributed by atoms with Crippen molar-refractivity contribution in [2.45, 2.75) is 50.7 Å². The molecule has 0 bridgehead atoms. The summed E-state index contributed by atoms with van der Waals surface area (Å²) in [6.07, 6.45) is 6.80. The predicted octanol–water partition coefficient (Wildman–Crippen LogP) is 3.69. The van der Waals surface area contributed by atoms with E-state index in [-0.39, 0.29) is 24.2 Å². The van der Waals surface area contributed by atoms with Crippen molar-refractivity contribution in [3.63, 3.8) is 0 Å². The first kappa shape index (κ1) is 17.2. The number of aromatic nitrogens is 1. The standard InChI is InChI=1S/C20H22N2O3S/c23-17-11-16(20(25-17)9-5-2-6-10-20)18(24)21-12-15-13-22-19(26-15)14-7-3-1-4-8-14/h1,3-4,7-8,13,16H,2,5-6,9-12H2,(H,21,24)/t16-/m1/s1. The lowest BCUT2D eigenvalue weighted by Gasteiger charge is -2.35. The Hall–Kier alpha value is -2.21. The SMILES string of the molecule is O=C1C[C@H](C(=O)NCc2cnc(-c3ccccc3)s2)C2(CCCCC2)O1. The van der Waals surface area contributed by atoms with Gasteiger partial charge in [-0.15, -0.1) is 11.3 Å². The highest BCUT2D eigenvalue weighted by atomic mass is 32.1. The van der Waals surface area contributed by atoms with Crippen LogP contribution in [0.2, 0.25) is 0 Å². The fourth-order valence-electron chi connectivity index (χ4n) is 4.03. The summed E-state index contributed by atoms with van der Waals surface area (Å²) in [5.41, 5.74) is 0.508. The second-order valence-electron chi connectivity index (χ2n) is 7.07. The molecule has 1 spiro atoms. The summed E-state index contributed by atoms with van der Waals surface area (Å²) < 4.78 is 5.63. The summed E-state index contributed by atoms with van der Waals surface area (Å²) in [6, 6.07) is 9.99. The van der Waals surface area contributed by atoms with E-state index in [4.69, 9.17) is 4.74 Å². The zero-order valence-electron chi connectivity index (χ0n) is 14.6. The molecule has 1 atom stereocenters. The van der Waals surface area contributed by atoms with Crippen LogP contribution in [-0.4, -0.2) is 22.5 Å². The molecule has 1 aliphatic carbocycles. The van der Waals surface area contributed by atoms with Crippen LogP contribution in [0.4, 0.5) is 0 Å². The molecule has 1 aromatic heterocycles. The number of thiazole rings is 1. The van der Waals surface area contributed by atoms with Gasteiger partial charge in [-0.1, -0.05) is 36.8 Å². The molecule has 26 heavy (non-hydrogen) atoms. The Morgan fingerprint density at radius 2 is 2.00 bits per heavy atom. The number of hydrogen-bond donors (Lipinski definition) is 1. The van der Waals surface area contributed by atoms with Gasteiger partial charge in [0.25, 0.3) is 0 Å². The molecule has 0 unspecified atom stereocenters. The number of esters is 1. The molecular formula is C20H22N2O3S. The highest BCUT2D eigenvalue weighted by Gasteiger charge is 2.52. The summed E-state index contributed by atoms with van der Waals surface area (Å²) in [6.45, 7) is 0.435. The van der Waals surface area contributed by atoms with Gasteiger partial charge in [0.05, 0.1) is 18.9 Å². The van der Waals surface area contributed by atoms with Gasteiger partial charge in [0.1, 0.15) is 10.6 Å². The Kier molecular flexibility index (Phi) is 4.76. The van der Waals surface area contributed by atoms with Crippen molar-refractivity contribution in [2.75, 3.05) is 0 Å². The van der Waals surface area contributed by atoms with Gasteiger partial charge in [0.2, 0.25) is 5.91 Å². The van der Waals surface area contributed by atoms with Crippen LogP contribution < -0.4 is 5.32 Å². The Morgan fingerprint density at radius 3 is 2.77 bits per heavy atom. The van der Waals surface area contributed by atoms with Crippen LogP contribution in [0.1, 0.15) is 43.4 Å². The second kappa shape index (κ2) is 7.19. The highest BCUT2D eigenvalue weighted by Crippen LogP contribution is 2.44. The van der Waals surface area contributed by atoms with Crippen LogP contribution >= 0.6 is 11.3 Å². The monoisotopic (exact) mass is 370 g/mol. The van der Waals surface area contributed by atoms with Crippen molar-refractivity contribution in [2.24, 2.45) is 5.92 Å². The van der Waals surface area contributed by atoms with Crippen molar-refractivity contribution in [3.8, 4) is 10.6 Å². The van der Waals surface area contributed by atoms with E-state index < -0.39 is 5.60 Å². The lowest BCUT2D eigenvalue weighted by atomic mass is 9.75. The molecule has 1 amide bonds. The molecule has 0 radical (unpaired) electrons. The number of hydrogen-bond acceptors (Lipinski definition) is 5. The number of carbonyl (C=O) groups is 2. The first-order valence-corrected chi connectivity index (χ1v) is 9.98. The molecule has 2 aliphatic rings. The Bertz CT molecular complexity index is 796. The summed E-state index contributed by atoms with van der Waals surface area (Å²) in [5.74, 6) is -0.680. The van der Waals surface area contributed by atoms with Crippen LogP contribution in [0.15, 0.2) is 36.5 Å².